The highest BCUT2D eigenvalue weighted by atomic mass is 14.4. The second kappa shape index (κ2) is 12.2. The van der Waals surface area contributed by atoms with Gasteiger partial charge in [0.25, 0.3) is 0 Å². The van der Waals surface area contributed by atoms with E-state index in [2.05, 4.69) is 68.6 Å². The molecule has 2 unspecified atom stereocenters. The van der Waals surface area contributed by atoms with E-state index in [4.69, 9.17) is 0 Å². The Morgan fingerprint density at radius 3 is 2.09 bits per heavy atom. The molecule has 0 nitrogen and oxygen atoms in total. The number of benzene rings is 1. The van der Waals surface area contributed by atoms with Crippen LogP contribution in [0.5, 0.6) is 0 Å². The maximum atomic E-state index is 4.19. The quantitative estimate of drug-likeness (QED) is 0.395. The zero-order chi connectivity index (χ0) is 22.9. The molecule has 0 heteroatoms. The van der Waals surface area contributed by atoms with E-state index in [1.807, 2.05) is 19.9 Å². The number of allylic oxidation sites excluding steroid dienone is 8. The SMILES string of the molecule is C=C/C=C(\C=C)C1C=C(c2ccccc2)C(C2CCCCC2)=C(C)C1C1CCCC1.CC. The van der Waals surface area contributed by atoms with E-state index < -0.39 is 0 Å². The summed E-state index contributed by atoms with van der Waals surface area (Å²) < 4.78 is 0. The molecule has 0 saturated heterocycles. The highest BCUT2D eigenvalue weighted by Crippen LogP contribution is 2.52. The summed E-state index contributed by atoms with van der Waals surface area (Å²) in [7, 11) is 0. The summed E-state index contributed by atoms with van der Waals surface area (Å²) in [4.78, 5) is 0. The molecule has 0 radical (unpaired) electrons. The summed E-state index contributed by atoms with van der Waals surface area (Å²) in [6.45, 7) is 14.7. The van der Waals surface area contributed by atoms with Crippen LogP contribution in [0.2, 0.25) is 0 Å². The molecule has 3 aliphatic carbocycles. The summed E-state index contributed by atoms with van der Waals surface area (Å²) in [5, 5.41) is 0. The van der Waals surface area contributed by atoms with Gasteiger partial charge in [-0.05, 0) is 72.6 Å². The third kappa shape index (κ3) is 5.28. The Bertz CT molecular complexity index is 835. The van der Waals surface area contributed by atoms with Gasteiger partial charge in [-0.1, -0.05) is 119 Å². The molecule has 0 bridgehead atoms. The van der Waals surface area contributed by atoms with Crippen LogP contribution >= 0.6 is 0 Å². The normalized spacial score (nSPS) is 25.1. The van der Waals surface area contributed by atoms with Gasteiger partial charge in [0.1, 0.15) is 0 Å². The molecular weight excluding hydrogens is 384 g/mol. The zero-order valence-corrected chi connectivity index (χ0v) is 20.8. The molecule has 0 aromatic heterocycles. The van der Waals surface area contributed by atoms with Crippen LogP contribution in [0.3, 0.4) is 0 Å². The van der Waals surface area contributed by atoms with Gasteiger partial charge in [0, 0.05) is 5.92 Å². The molecule has 0 N–H and O–H groups in total. The molecule has 0 heterocycles. The first-order valence-electron chi connectivity index (χ1n) is 13.2. The van der Waals surface area contributed by atoms with Gasteiger partial charge in [0.2, 0.25) is 0 Å². The Morgan fingerprint density at radius 1 is 0.875 bits per heavy atom. The largest absolute Gasteiger partial charge is 0.0991 e. The molecule has 2 atom stereocenters. The van der Waals surface area contributed by atoms with E-state index in [0.717, 1.165) is 11.8 Å². The lowest BCUT2D eigenvalue weighted by atomic mass is 9.63. The smallest absolute Gasteiger partial charge is 0.00953 e. The van der Waals surface area contributed by atoms with Crippen LogP contribution in [0.4, 0.5) is 0 Å². The van der Waals surface area contributed by atoms with Crippen molar-refractivity contribution in [1.82, 2.24) is 0 Å². The van der Waals surface area contributed by atoms with E-state index in [1.165, 1.54) is 74.5 Å². The fourth-order valence-electron chi connectivity index (χ4n) is 6.56. The van der Waals surface area contributed by atoms with E-state index in [1.54, 1.807) is 11.1 Å². The minimum Gasteiger partial charge on any atom is -0.0991 e. The maximum absolute atomic E-state index is 4.19. The molecule has 32 heavy (non-hydrogen) atoms. The van der Waals surface area contributed by atoms with Crippen LogP contribution in [0, 0.1) is 23.7 Å². The second-order valence-corrected chi connectivity index (χ2v) is 9.58. The van der Waals surface area contributed by atoms with Crippen molar-refractivity contribution in [2.24, 2.45) is 23.7 Å². The van der Waals surface area contributed by atoms with E-state index in [9.17, 15) is 0 Å². The average Bonchev–Trinajstić information content (AvgIpc) is 3.39. The summed E-state index contributed by atoms with van der Waals surface area (Å²) in [5.41, 5.74) is 7.58. The Balaban J connectivity index is 0.00000141. The molecule has 0 amide bonds. The van der Waals surface area contributed by atoms with Gasteiger partial charge in [-0.2, -0.15) is 0 Å². The third-order valence-corrected chi connectivity index (χ3v) is 7.88. The van der Waals surface area contributed by atoms with Gasteiger partial charge in [-0.15, -0.1) is 0 Å². The van der Waals surface area contributed by atoms with Crippen molar-refractivity contribution in [3.8, 4) is 0 Å². The van der Waals surface area contributed by atoms with Gasteiger partial charge in [0.15, 0.2) is 0 Å². The van der Waals surface area contributed by atoms with E-state index >= 15 is 0 Å². The molecule has 2 fully saturated rings. The first kappa shape index (κ1) is 24.6. The van der Waals surface area contributed by atoms with Crippen LogP contribution in [-0.4, -0.2) is 0 Å². The lowest BCUT2D eigenvalue weighted by Gasteiger charge is -2.41. The van der Waals surface area contributed by atoms with Crippen molar-refractivity contribution >= 4 is 5.57 Å². The predicted molar refractivity (Wildman–Crippen MR) is 142 cm³/mol. The monoisotopic (exact) mass is 428 g/mol. The average molecular weight is 429 g/mol. The summed E-state index contributed by atoms with van der Waals surface area (Å²) in [5.74, 6) is 2.55. The predicted octanol–water partition coefficient (Wildman–Crippen LogP) is 9.73. The Hall–Kier alpha value is -2.08. The standard InChI is InChI=1S/C30H38.C2H6/c1-4-14-23(5-2)27-21-28(24-15-8-6-9-16-24)30(25-17-10-7-11-18-25)22(3)29(27)26-19-12-13-20-26;1-2/h4-6,8-9,14-16,21,25-27,29H,1-2,7,10-13,17-20H2,3H3;1-2H3/b23-14+;. The lowest BCUT2D eigenvalue weighted by molar-refractivity contribution is 0.323. The molecule has 3 aliphatic rings. The first-order valence-corrected chi connectivity index (χ1v) is 13.2. The molecule has 172 valence electrons. The molecule has 1 aromatic rings. The van der Waals surface area contributed by atoms with Gasteiger partial charge in [-0.3, -0.25) is 0 Å². The van der Waals surface area contributed by atoms with Gasteiger partial charge in [-0.25, -0.2) is 0 Å². The Morgan fingerprint density at radius 2 is 1.50 bits per heavy atom. The minimum atomic E-state index is 0.408. The highest BCUT2D eigenvalue weighted by molar-refractivity contribution is 5.82. The first-order chi connectivity index (χ1) is 15.7. The summed E-state index contributed by atoms with van der Waals surface area (Å²) in [6, 6.07) is 11.1. The van der Waals surface area contributed by atoms with Gasteiger partial charge in [0.05, 0.1) is 0 Å². The molecule has 0 aliphatic heterocycles. The van der Waals surface area contributed by atoms with Gasteiger partial charge < -0.3 is 0 Å². The van der Waals surface area contributed by atoms with Crippen LogP contribution in [0.15, 0.2) is 84.5 Å². The van der Waals surface area contributed by atoms with Crippen molar-refractivity contribution in [3.05, 3.63) is 90.1 Å². The van der Waals surface area contributed by atoms with Crippen molar-refractivity contribution < 1.29 is 0 Å². The second-order valence-electron chi connectivity index (χ2n) is 9.58. The maximum Gasteiger partial charge on any atom is 0.00953 e. The van der Waals surface area contributed by atoms with Crippen molar-refractivity contribution in [2.45, 2.75) is 78.6 Å². The van der Waals surface area contributed by atoms with Crippen molar-refractivity contribution in [1.29, 1.82) is 0 Å². The third-order valence-electron chi connectivity index (χ3n) is 7.88. The lowest BCUT2D eigenvalue weighted by Crippen LogP contribution is -2.29. The van der Waals surface area contributed by atoms with Crippen LogP contribution in [-0.2, 0) is 0 Å². The highest BCUT2D eigenvalue weighted by Gasteiger charge is 2.39. The molecule has 1 aromatic carbocycles. The number of hydrogen-bond donors (Lipinski definition) is 0. The van der Waals surface area contributed by atoms with Crippen molar-refractivity contribution in [2.75, 3.05) is 0 Å². The van der Waals surface area contributed by atoms with Crippen LogP contribution in [0.25, 0.3) is 5.57 Å². The topological polar surface area (TPSA) is 0 Å². The fraction of sp³-hybridized carbons (Fsp3) is 0.500. The molecular formula is C32H44. The zero-order valence-electron chi connectivity index (χ0n) is 20.8. The molecule has 4 rings (SSSR count). The number of hydrogen-bond acceptors (Lipinski definition) is 0. The summed E-state index contributed by atoms with van der Waals surface area (Å²) >= 11 is 0. The van der Waals surface area contributed by atoms with Crippen molar-refractivity contribution in [3.63, 3.8) is 0 Å². The molecule has 0 spiro atoms. The Kier molecular flexibility index (Phi) is 9.39. The Labute approximate surface area is 197 Å². The fourth-order valence-corrected chi connectivity index (χ4v) is 6.56. The van der Waals surface area contributed by atoms with E-state index in [0.29, 0.717) is 11.8 Å². The summed E-state index contributed by atoms with van der Waals surface area (Å²) in [6.07, 6.45) is 21.3. The van der Waals surface area contributed by atoms with Gasteiger partial charge >= 0.3 is 0 Å². The minimum absolute atomic E-state index is 0.408. The van der Waals surface area contributed by atoms with E-state index in [-0.39, 0.29) is 0 Å². The molecule has 2 saturated carbocycles. The van der Waals surface area contributed by atoms with Crippen LogP contribution < -0.4 is 0 Å². The number of rotatable bonds is 6. The van der Waals surface area contributed by atoms with Crippen LogP contribution in [0.1, 0.15) is 84.1 Å².